The molecule has 0 aliphatic heterocycles. The second-order valence-electron chi connectivity index (χ2n) is 4.50. The van der Waals surface area contributed by atoms with Gasteiger partial charge in [0.1, 0.15) is 5.82 Å². The molecule has 104 valence electrons. The van der Waals surface area contributed by atoms with Crippen molar-refractivity contribution in [2.24, 2.45) is 0 Å². The number of aromatic nitrogens is 2. The summed E-state index contributed by atoms with van der Waals surface area (Å²) in [5, 5.41) is 12.9. The van der Waals surface area contributed by atoms with Crippen LogP contribution in [0.1, 0.15) is 25.5 Å². The van der Waals surface area contributed by atoms with E-state index in [9.17, 15) is 8.42 Å². The molecule has 6 nitrogen and oxygen atoms in total. The Morgan fingerprint density at radius 1 is 1.35 bits per heavy atom. The molecule has 7 heteroatoms. The van der Waals surface area contributed by atoms with E-state index in [-0.39, 0.29) is 10.9 Å². The van der Waals surface area contributed by atoms with Gasteiger partial charge in [0.05, 0.1) is 22.7 Å². The zero-order chi connectivity index (χ0) is 14.8. The lowest BCUT2D eigenvalue weighted by Gasteiger charge is -2.13. The van der Waals surface area contributed by atoms with Crippen molar-refractivity contribution in [1.29, 1.82) is 5.26 Å². The van der Waals surface area contributed by atoms with Gasteiger partial charge in [-0.15, -0.1) is 0 Å². The normalized spacial score (nSPS) is 11.3. The Morgan fingerprint density at radius 3 is 2.75 bits per heavy atom. The van der Waals surface area contributed by atoms with Crippen LogP contribution in [-0.2, 0) is 10.0 Å². The summed E-state index contributed by atoms with van der Waals surface area (Å²) in [6.07, 6.45) is 1.53. The molecule has 0 unspecified atom stereocenters. The highest BCUT2D eigenvalue weighted by Gasteiger charge is 2.17. The molecule has 0 spiro atoms. The topological polar surface area (TPSA) is 87.8 Å². The van der Waals surface area contributed by atoms with E-state index in [2.05, 4.69) is 9.82 Å². The average molecular weight is 290 g/mol. The van der Waals surface area contributed by atoms with Crippen LogP contribution in [0.25, 0.3) is 0 Å². The predicted molar refractivity (Wildman–Crippen MR) is 74.6 cm³/mol. The van der Waals surface area contributed by atoms with Gasteiger partial charge in [-0.2, -0.15) is 10.4 Å². The minimum Gasteiger partial charge on any atom is -0.264 e. The van der Waals surface area contributed by atoms with Gasteiger partial charge < -0.3 is 0 Å². The van der Waals surface area contributed by atoms with Gasteiger partial charge in [0.15, 0.2) is 0 Å². The molecule has 0 aliphatic carbocycles. The second-order valence-corrected chi connectivity index (χ2v) is 6.18. The Kier molecular flexibility index (Phi) is 3.77. The number of benzene rings is 1. The smallest absolute Gasteiger partial charge is 0.263 e. The Labute approximate surface area is 117 Å². The third-order valence-electron chi connectivity index (χ3n) is 2.67. The molecule has 1 aromatic carbocycles. The molecule has 0 atom stereocenters. The first-order chi connectivity index (χ1) is 9.44. The first-order valence-electron chi connectivity index (χ1n) is 6.00. The monoisotopic (exact) mass is 290 g/mol. The van der Waals surface area contributed by atoms with Gasteiger partial charge >= 0.3 is 0 Å². The third kappa shape index (κ3) is 2.81. The lowest BCUT2D eigenvalue weighted by atomic mass is 10.2. The Morgan fingerprint density at radius 2 is 2.10 bits per heavy atom. The van der Waals surface area contributed by atoms with Crippen molar-refractivity contribution in [2.45, 2.75) is 24.8 Å². The van der Waals surface area contributed by atoms with E-state index in [1.165, 1.54) is 24.4 Å². The minimum atomic E-state index is -3.73. The average Bonchev–Trinajstić information content (AvgIpc) is 2.86. The summed E-state index contributed by atoms with van der Waals surface area (Å²) < 4.78 is 28.6. The van der Waals surface area contributed by atoms with Crippen molar-refractivity contribution >= 4 is 15.8 Å². The van der Waals surface area contributed by atoms with E-state index in [0.717, 1.165) is 0 Å². The molecule has 0 fully saturated rings. The Bertz CT molecular complexity index is 757. The second kappa shape index (κ2) is 5.35. The van der Waals surface area contributed by atoms with E-state index >= 15 is 0 Å². The fourth-order valence-corrected chi connectivity index (χ4v) is 2.83. The van der Waals surface area contributed by atoms with Crippen molar-refractivity contribution in [2.75, 3.05) is 4.72 Å². The molecule has 0 saturated carbocycles. The van der Waals surface area contributed by atoms with Crippen molar-refractivity contribution in [3.63, 3.8) is 0 Å². The van der Waals surface area contributed by atoms with Crippen molar-refractivity contribution in [3.05, 3.63) is 42.1 Å². The molecule has 1 N–H and O–H groups in total. The number of hydrogen-bond acceptors (Lipinski definition) is 4. The summed E-state index contributed by atoms with van der Waals surface area (Å²) in [6.45, 7) is 3.81. The first kappa shape index (κ1) is 14.1. The van der Waals surface area contributed by atoms with Crippen LogP contribution in [0.5, 0.6) is 0 Å². The number of nitrogens with zero attached hydrogens (tertiary/aromatic N) is 3. The van der Waals surface area contributed by atoms with Crippen LogP contribution in [0, 0.1) is 11.3 Å². The van der Waals surface area contributed by atoms with Crippen molar-refractivity contribution in [3.8, 4) is 6.07 Å². The van der Waals surface area contributed by atoms with Gasteiger partial charge in [0.2, 0.25) is 0 Å². The molecular weight excluding hydrogens is 276 g/mol. The molecular formula is C13H14N4O2S. The maximum Gasteiger partial charge on any atom is 0.263 e. The minimum absolute atomic E-state index is 0.0353. The summed E-state index contributed by atoms with van der Waals surface area (Å²) >= 11 is 0. The van der Waals surface area contributed by atoms with E-state index in [1.807, 2.05) is 19.9 Å². The third-order valence-corrected chi connectivity index (χ3v) is 4.02. The summed E-state index contributed by atoms with van der Waals surface area (Å²) in [4.78, 5) is 0.0491. The molecule has 0 bridgehead atoms. The van der Waals surface area contributed by atoms with Gasteiger partial charge in [-0.1, -0.05) is 6.07 Å². The summed E-state index contributed by atoms with van der Waals surface area (Å²) in [7, 11) is -3.73. The molecule has 1 aromatic heterocycles. The highest BCUT2D eigenvalue weighted by atomic mass is 32.2. The highest BCUT2D eigenvalue weighted by Crippen LogP contribution is 2.19. The quantitative estimate of drug-likeness (QED) is 0.934. The number of sulfonamides is 1. The highest BCUT2D eigenvalue weighted by molar-refractivity contribution is 7.92. The molecule has 0 radical (unpaired) electrons. The lowest BCUT2D eigenvalue weighted by molar-refractivity contribution is 0.539. The van der Waals surface area contributed by atoms with Crippen LogP contribution < -0.4 is 4.72 Å². The summed E-state index contributed by atoms with van der Waals surface area (Å²) in [5.74, 6) is 0.391. The van der Waals surface area contributed by atoms with Crippen LogP contribution in [0.15, 0.2) is 41.4 Å². The van der Waals surface area contributed by atoms with Crippen LogP contribution in [0.4, 0.5) is 5.82 Å². The predicted octanol–water partition coefficient (Wildman–Crippen LogP) is 2.14. The number of anilines is 1. The van der Waals surface area contributed by atoms with E-state index in [0.29, 0.717) is 11.4 Å². The van der Waals surface area contributed by atoms with Crippen molar-refractivity contribution in [1.82, 2.24) is 9.78 Å². The molecule has 2 aromatic rings. The van der Waals surface area contributed by atoms with Crippen LogP contribution in [0.2, 0.25) is 0 Å². The number of hydrogen-bond donors (Lipinski definition) is 1. The molecule has 20 heavy (non-hydrogen) atoms. The van der Waals surface area contributed by atoms with E-state index in [4.69, 9.17) is 5.26 Å². The van der Waals surface area contributed by atoms with E-state index in [1.54, 1.807) is 16.8 Å². The maximum absolute atomic E-state index is 12.3. The maximum atomic E-state index is 12.3. The zero-order valence-corrected chi connectivity index (χ0v) is 11.9. The van der Waals surface area contributed by atoms with Crippen LogP contribution in [0.3, 0.4) is 0 Å². The standard InChI is InChI=1S/C13H14N4O2S/c1-10(2)17-13(6-7-15-17)16-20(18,19)12-5-3-4-11(8-12)9-14/h3-8,10,16H,1-2H3. The number of nitrogens with one attached hydrogen (secondary N) is 1. The molecule has 0 saturated heterocycles. The largest absolute Gasteiger partial charge is 0.264 e. The van der Waals surface area contributed by atoms with Gasteiger partial charge in [0, 0.05) is 12.1 Å². The first-order valence-corrected chi connectivity index (χ1v) is 7.49. The zero-order valence-electron chi connectivity index (χ0n) is 11.1. The van der Waals surface area contributed by atoms with Crippen molar-refractivity contribution < 1.29 is 8.42 Å². The number of rotatable bonds is 4. The fraction of sp³-hybridized carbons (Fsp3) is 0.231. The van der Waals surface area contributed by atoms with Gasteiger partial charge in [-0.25, -0.2) is 13.1 Å². The number of nitriles is 1. The molecule has 0 amide bonds. The van der Waals surface area contributed by atoms with Gasteiger partial charge in [0.25, 0.3) is 10.0 Å². The molecule has 1 heterocycles. The lowest BCUT2D eigenvalue weighted by Crippen LogP contribution is -2.17. The molecule has 2 rings (SSSR count). The van der Waals surface area contributed by atoms with E-state index < -0.39 is 10.0 Å². The summed E-state index contributed by atoms with van der Waals surface area (Å²) in [6, 6.07) is 9.41. The SMILES string of the molecule is CC(C)n1nccc1NS(=O)(=O)c1cccc(C#N)c1. The van der Waals surface area contributed by atoms with Gasteiger partial charge in [-0.3, -0.25) is 4.72 Å². The summed E-state index contributed by atoms with van der Waals surface area (Å²) in [5.41, 5.74) is 0.297. The molecule has 0 aliphatic rings. The fourth-order valence-electron chi connectivity index (χ4n) is 1.74. The Hall–Kier alpha value is -2.33. The van der Waals surface area contributed by atoms with Crippen LogP contribution >= 0.6 is 0 Å². The van der Waals surface area contributed by atoms with Crippen LogP contribution in [-0.4, -0.2) is 18.2 Å². The Balaban J connectivity index is 2.36. The van der Waals surface area contributed by atoms with Gasteiger partial charge in [-0.05, 0) is 32.0 Å².